The van der Waals surface area contributed by atoms with Crippen LogP contribution in [0.1, 0.15) is 40.2 Å². The van der Waals surface area contributed by atoms with E-state index in [1.807, 2.05) is 0 Å². The molecule has 2 aromatic carbocycles. The molecular weight excluding hydrogens is 309 g/mol. The number of carboxylic acid groups (broad SMARTS) is 1. The van der Waals surface area contributed by atoms with Gasteiger partial charge in [0.1, 0.15) is 5.82 Å². The SMILES string of the molecule is O=C(O)CCc1ccccc1C(=O)N[C@@H]1C[C@H]1c1ccccc1F. The highest BCUT2D eigenvalue weighted by Crippen LogP contribution is 2.42. The minimum absolute atomic E-state index is 0.00123. The number of halogens is 1. The highest BCUT2D eigenvalue weighted by Gasteiger charge is 2.41. The molecule has 0 aromatic heterocycles. The van der Waals surface area contributed by atoms with Gasteiger partial charge in [-0.15, -0.1) is 0 Å². The molecule has 1 fully saturated rings. The zero-order valence-corrected chi connectivity index (χ0v) is 13.0. The Kier molecular flexibility index (Phi) is 4.60. The molecular formula is C19H18FNO3. The van der Waals surface area contributed by atoms with Crippen LogP contribution in [0.5, 0.6) is 0 Å². The van der Waals surface area contributed by atoms with E-state index in [0.717, 1.165) is 0 Å². The lowest BCUT2D eigenvalue weighted by Gasteiger charge is -2.10. The van der Waals surface area contributed by atoms with E-state index in [9.17, 15) is 14.0 Å². The van der Waals surface area contributed by atoms with Gasteiger partial charge in [-0.05, 0) is 36.1 Å². The second-order valence-corrected chi connectivity index (χ2v) is 5.99. The first-order chi connectivity index (χ1) is 11.6. The Bertz CT molecular complexity index is 775. The summed E-state index contributed by atoms with van der Waals surface area (Å²) in [5.74, 6) is -1.38. The van der Waals surface area contributed by atoms with Crippen molar-refractivity contribution in [3.05, 3.63) is 71.0 Å². The smallest absolute Gasteiger partial charge is 0.303 e. The standard InChI is InChI=1S/C19H18FNO3/c20-16-8-4-3-7-14(16)15-11-17(15)21-19(24)13-6-2-1-5-12(13)9-10-18(22)23/h1-8,15,17H,9-11H2,(H,21,24)(H,22,23)/t15-,17+/m0/s1. The molecule has 2 aromatic rings. The molecule has 2 atom stereocenters. The van der Waals surface area contributed by atoms with Crippen LogP contribution in [0.15, 0.2) is 48.5 Å². The van der Waals surface area contributed by atoms with E-state index in [2.05, 4.69) is 5.32 Å². The molecule has 1 saturated carbocycles. The number of carbonyl (C=O) groups excluding carboxylic acids is 1. The van der Waals surface area contributed by atoms with Gasteiger partial charge in [-0.3, -0.25) is 9.59 Å². The molecule has 124 valence electrons. The fourth-order valence-electron chi connectivity index (χ4n) is 2.92. The second-order valence-electron chi connectivity index (χ2n) is 5.99. The maximum absolute atomic E-state index is 13.8. The summed E-state index contributed by atoms with van der Waals surface area (Å²) in [5, 5.41) is 11.7. The van der Waals surface area contributed by atoms with Crippen molar-refractivity contribution in [2.45, 2.75) is 31.2 Å². The fourth-order valence-corrected chi connectivity index (χ4v) is 2.92. The predicted molar refractivity (Wildman–Crippen MR) is 87.4 cm³/mol. The van der Waals surface area contributed by atoms with Crippen molar-refractivity contribution in [1.82, 2.24) is 5.32 Å². The van der Waals surface area contributed by atoms with Crippen LogP contribution in [0.4, 0.5) is 4.39 Å². The number of aryl methyl sites for hydroxylation is 1. The highest BCUT2D eigenvalue weighted by molar-refractivity contribution is 5.96. The Morgan fingerprint density at radius 1 is 1.12 bits per heavy atom. The fraction of sp³-hybridized carbons (Fsp3) is 0.263. The number of benzene rings is 2. The van der Waals surface area contributed by atoms with Crippen LogP contribution < -0.4 is 5.32 Å². The largest absolute Gasteiger partial charge is 0.481 e. The van der Waals surface area contributed by atoms with E-state index >= 15 is 0 Å². The quantitative estimate of drug-likeness (QED) is 0.856. The number of rotatable bonds is 6. The number of amides is 1. The lowest BCUT2D eigenvalue weighted by atomic mass is 10.0. The Hall–Kier alpha value is -2.69. The first-order valence-electron chi connectivity index (χ1n) is 7.91. The van der Waals surface area contributed by atoms with Crippen molar-refractivity contribution in [2.24, 2.45) is 0 Å². The molecule has 1 amide bonds. The molecule has 4 nitrogen and oxygen atoms in total. The van der Waals surface area contributed by atoms with Crippen molar-refractivity contribution in [3.63, 3.8) is 0 Å². The van der Waals surface area contributed by atoms with Crippen LogP contribution in [0, 0.1) is 5.82 Å². The van der Waals surface area contributed by atoms with Crippen molar-refractivity contribution in [2.75, 3.05) is 0 Å². The molecule has 24 heavy (non-hydrogen) atoms. The number of aliphatic carboxylic acids is 1. The van der Waals surface area contributed by atoms with Gasteiger partial charge >= 0.3 is 5.97 Å². The molecule has 0 aliphatic heterocycles. The van der Waals surface area contributed by atoms with E-state index < -0.39 is 5.97 Å². The van der Waals surface area contributed by atoms with E-state index in [4.69, 9.17) is 5.11 Å². The van der Waals surface area contributed by atoms with Gasteiger partial charge in [0.05, 0.1) is 0 Å². The highest BCUT2D eigenvalue weighted by atomic mass is 19.1. The maximum Gasteiger partial charge on any atom is 0.303 e. The summed E-state index contributed by atoms with van der Waals surface area (Å²) < 4.78 is 13.8. The number of carbonyl (C=O) groups is 2. The van der Waals surface area contributed by atoms with Crippen molar-refractivity contribution >= 4 is 11.9 Å². The first kappa shape index (κ1) is 16.2. The topological polar surface area (TPSA) is 66.4 Å². The number of hydrogen-bond acceptors (Lipinski definition) is 2. The lowest BCUT2D eigenvalue weighted by molar-refractivity contribution is -0.136. The van der Waals surface area contributed by atoms with Gasteiger partial charge in [0.15, 0.2) is 0 Å². The molecule has 2 N–H and O–H groups in total. The zero-order valence-electron chi connectivity index (χ0n) is 13.0. The minimum atomic E-state index is -0.896. The van der Waals surface area contributed by atoms with Crippen LogP contribution in [0.25, 0.3) is 0 Å². The summed E-state index contributed by atoms with van der Waals surface area (Å²) in [6.45, 7) is 0. The Morgan fingerprint density at radius 2 is 1.83 bits per heavy atom. The lowest BCUT2D eigenvalue weighted by Crippen LogP contribution is -2.27. The summed E-state index contributed by atoms with van der Waals surface area (Å²) >= 11 is 0. The van der Waals surface area contributed by atoms with Crippen molar-refractivity contribution in [1.29, 1.82) is 0 Å². The predicted octanol–water partition coefficient (Wildman–Crippen LogP) is 3.13. The van der Waals surface area contributed by atoms with Gasteiger partial charge in [-0.25, -0.2) is 4.39 Å². The van der Waals surface area contributed by atoms with Crippen LogP contribution in [0.3, 0.4) is 0 Å². The molecule has 0 heterocycles. The third-order valence-corrected chi connectivity index (χ3v) is 4.28. The number of carboxylic acids is 1. The van der Waals surface area contributed by atoms with Crippen LogP contribution >= 0.6 is 0 Å². The number of nitrogens with one attached hydrogen (secondary N) is 1. The Morgan fingerprint density at radius 3 is 2.58 bits per heavy atom. The third kappa shape index (κ3) is 3.62. The van der Waals surface area contributed by atoms with Crippen LogP contribution in [-0.4, -0.2) is 23.0 Å². The van der Waals surface area contributed by atoms with Crippen molar-refractivity contribution in [3.8, 4) is 0 Å². The normalized spacial score (nSPS) is 18.9. The molecule has 0 spiro atoms. The maximum atomic E-state index is 13.8. The summed E-state index contributed by atoms with van der Waals surface area (Å²) in [6.07, 6.45) is 0.996. The molecule has 1 aliphatic rings. The Labute approximate surface area is 139 Å². The molecule has 3 rings (SSSR count). The zero-order chi connectivity index (χ0) is 17.1. The summed E-state index contributed by atoms with van der Waals surface area (Å²) in [6, 6.07) is 13.5. The molecule has 5 heteroatoms. The van der Waals surface area contributed by atoms with Crippen LogP contribution in [0.2, 0.25) is 0 Å². The van der Waals surface area contributed by atoms with E-state index in [1.54, 1.807) is 42.5 Å². The summed E-state index contributed by atoms with van der Waals surface area (Å²) in [4.78, 5) is 23.2. The average molecular weight is 327 g/mol. The van der Waals surface area contributed by atoms with Gasteiger partial charge in [0.25, 0.3) is 5.91 Å². The van der Waals surface area contributed by atoms with Gasteiger partial charge in [-0.1, -0.05) is 36.4 Å². The van der Waals surface area contributed by atoms with Gasteiger partial charge in [0, 0.05) is 23.9 Å². The van der Waals surface area contributed by atoms with Gasteiger partial charge in [-0.2, -0.15) is 0 Å². The monoisotopic (exact) mass is 327 g/mol. The average Bonchev–Trinajstić information content (AvgIpc) is 3.32. The Balaban J connectivity index is 1.66. The third-order valence-electron chi connectivity index (χ3n) is 4.28. The molecule has 0 saturated heterocycles. The molecule has 1 aliphatic carbocycles. The first-order valence-corrected chi connectivity index (χ1v) is 7.91. The molecule has 0 bridgehead atoms. The van der Waals surface area contributed by atoms with Gasteiger partial charge < -0.3 is 10.4 Å². The van der Waals surface area contributed by atoms with Crippen molar-refractivity contribution < 1.29 is 19.1 Å². The van der Waals surface area contributed by atoms with Gasteiger partial charge in [0.2, 0.25) is 0 Å². The van der Waals surface area contributed by atoms with E-state index in [-0.39, 0.29) is 30.1 Å². The number of hydrogen-bond donors (Lipinski definition) is 2. The minimum Gasteiger partial charge on any atom is -0.481 e. The van der Waals surface area contributed by atoms with Crippen LogP contribution in [-0.2, 0) is 11.2 Å². The van der Waals surface area contributed by atoms with E-state index in [1.165, 1.54) is 6.07 Å². The summed E-state index contributed by atoms with van der Waals surface area (Å²) in [7, 11) is 0. The summed E-state index contributed by atoms with van der Waals surface area (Å²) in [5.41, 5.74) is 1.82. The second kappa shape index (κ2) is 6.83. The molecule has 0 unspecified atom stereocenters. The molecule has 0 radical (unpaired) electrons. The van der Waals surface area contributed by atoms with E-state index in [0.29, 0.717) is 29.5 Å².